The van der Waals surface area contributed by atoms with Gasteiger partial charge < -0.3 is 4.57 Å². The number of nitrogens with zero attached hydrogens (tertiary/aromatic N) is 3. The summed E-state index contributed by atoms with van der Waals surface area (Å²) in [5.41, 5.74) is 1.84. The Bertz CT molecular complexity index is 567. The van der Waals surface area contributed by atoms with Gasteiger partial charge in [-0.25, -0.2) is 4.98 Å². The SMILES string of the molecule is c1csc(CCn2ccnc2-c2cncs2)c1. The number of rotatable bonds is 4. The van der Waals surface area contributed by atoms with Crippen LogP contribution in [0.2, 0.25) is 0 Å². The Kier molecular flexibility index (Phi) is 3.02. The molecular weight excluding hydrogens is 250 g/mol. The van der Waals surface area contributed by atoms with Gasteiger partial charge in [0.25, 0.3) is 0 Å². The molecule has 0 aromatic carbocycles. The minimum absolute atomic E-state index is 0.966. The lowest BCUT2D eigenvalue weighted by Crippen LogP contribution is -2.00. The van der Waals surface area contributed by atoms with Crippen molar-refractivity contribution in [2.24, 2.45) is 0 Å². The van der Waals surface area contributed by atoms with E-state index in [2.05, 4.69) is 32.0 Å². The third-order valence-corrected chi connectivity index (χ3v) is 4.25. The second kappa shape index (κ2) is 4.81. The maximum atomic E-state index is 4.40. The van der Waals surface area contributed by atoms with E-state index in [1.165, 1.54) is 4.88 Å². The highest BCUT2D eigenvalue weighted by Crippen LogP contribution is 2.21. The smallest absolute Gasteiger partial charge is 0.151 e. The van der Waals surface area contributed by atoms with Crippen LogP contribution in [0.5, 0.6) is 0 Å². The topological polar surface area (TPSA) is 30.7 Å². The predicted octanol–water partition coefficient (Wildman–Crippen LogP) is 3.31. The Labute approximate surface area is 107 Å². The van der Waals surface area contributed by atoms with E-state index in [0.29, 0.717) is 0 Å². The van der Waals surface area contributed by atoms with E-state index in [9.17, 15) is 0 Å². The quantitative estimate of drug-likeness (QED) is 0.721. The fourth-order valence-electron chi connectivity index (χ4n) is 1.73. The largest absolute Gasteiger partial charge is 0.330 e. The van der Waals surface area contributed by atoms with Crippen LogP contribution in [0, 0.1) is 0 Å². The van der Waals surface area contributed by atoms with Crippen LogP contribution in [0.25, 0.3) is 10.7 Å². The third-order valence-electron chi connectivity index (χ3n) is 2.55. The molecule has 0 bridgehead atoms. The van der Waals surface area contributed by atoms with Crippen LogP contribution in [0.3, 0.4) is 0 Å². The van der Waals surface area contributed by atoms with Gasteiger partial charge in [0.2, 0.25) is 0 Å². The minimum Gasteiger partial charge on any atom is -0.330 e. The van der Waals surface area contributed by atoms with Crippen molar-refractivity contribution in [2.45, 2.75) is 13.0 Å². The lowest BCUT2D eigenvalue weighted by atomic mass is 10.3. The fraction of sp³-hybridized carbons (Fsp3) is 0.167. The Morgan fingerprint density at radius 3 is 3.06 bits per heavy atom. The van der Waals surface area contributed by atoms with Crippen molar-refractivity contribution in [2.75, 3.05) is 0 Å². The first-order valence-electron chi connectivity index (χ1n) is 5.36. The number of aromatic nitrogens is 3. The molecule has 3 heterocycles. The third kappa shape index (κ3) is 2.30. The molecular formula is C12H11N3S2. The van der Waals surface area contributed by atoms with Gasteiger partial charge in [-0.15, -0.1) is 22.7 Å². The highest BCUT2D eigenvalue weighted by molar-refractivity contribution is 7.13. The Balaban J connectivity index is 1.78. The molecule has 0 N–H and O–H groups in total. The van der Waals surface area contributed by atoms with Crippen molar-refractivity contribution >= 4 is 22.7 Å². The standard InChI is InChI=1S/C12H11N3S2/c1-2-10(16-7-1)3-5-15-6-4-14-12(15)11-8-13-9-17-11/h1-2,4,6-9H,3,5H2. The molecule has 0 atom stereocenters. The highest BCUT2D eigenvalue weighted by atomic mass is 32.1. The van der Waals surface area contributed by atoms with Crippen LogP contribution in [-0.2, 0) is 13.0 Å². The van der Waals surface area contributed by atoms with Crippen LogP contribution in [0.15, 0.2) is 41.6 Å². The van der Waals surface area contributed by atoms with Gasteiger partial charge in [0.15, 0.2) is 5.82 Å². The summed E-state index contributed by atoms with van der Waals surface area (Å²) in [7, 11) is 0. The van der Waals surface area contributed by atoms with E-state index >= 15 is 0 Å². The zero-order valence-electron chi connectivity index (χ0n) is 9.11. The van der Waals surface area contributed by atoms with Gasteiger partial charge in [0.1, 0.15) is 0 Å². The van der Waals surface area contributed by atoms with Crippen molar-refractivity contribution in [3.63, 3.8) is 0 Å². The van der Waals surface area contributed by atoms with E-state index in [0.717, 1.165) is 23.7 Å². The Morgan fingerprint density at radius 2 is 2.29 bits per heavy atom. The monoisotopic (exact) mass is 261 g/mol. The van der Waals surface area contributed by atoms with E-state index in [1.807, 2.05) is 24.1 Å². The molecule has 3 nitrogen and oxygen atoms in total. The fourth-order valence-corrected chi connectivity index (χ4v) is 3.06. The molecule has 0 fully saturated rings. The Hall–Kier alpha value is -1.46. The molecule has 0 spiro atoms. The molecule has 5 heteroatoms. The number of imidazole rings is 1. The predicted molar refractivity (Wildman–Crippen MR) is 71.4 cm³/mol. The van der Waals surface area contributed by atoms with Gasteiger partial charge in [0, 0.05) is 30.0 Å². The van der Waals surface area contributed by atoms with Gasteiger partial charge >= 0.3 is 0 Å². The van der Waals surface area contributed by atoms with Crippen LogP contribution in [0.4, 0.5) is 0 Å². The van der Waals surface area contributed by atoms with Gasteiger partial charge in [-0.05, 0) is 17.9 Å². The van der Waals surface area contributed by atoms with E-state index < -0.39 is 0 Å². The maximum absolute atomic E-state index is 4.40. The number of thiazole rings is 1. The molecule has 0 aliphatic rings. The molecule has 3 rings (SSSR count). The Morgan fingerprint density at radius 1 is 1.29 bits per heavy atom. The molecule has 0 saturated carbocycles. The average molecular weight is 261 g/mol. The number of thiophene rings is 1. The number of hydrogen-bond donors (Lipinski definition) is 0. The van der Waals surface area contributed by atoms with Crippen LogP contribution in [0.1, 0.15) is 4.88 Å². The van der Waals surface area contributed by atoms with E-state index in [4.69, 9.17) is 0 Å². The molecule has 0 amide bonds. The minimum atomic E-state index is 0.966. The normalized spacial score (nSPS) is 10.8. The van der Waals surface area contributed by atoms with Crippen molar-refractivity contribution in [1.29, 1.82) is 0 Å². The van der Waals surface area contributed by atoms with Crippen LogP contribution < -0.4 is 0 Å². The number of hydrogen-bond acceptors (Lipinski definition) is 4. The van der Waals surface area contributed by atoms with Crippen molar-refractivity contribution in [1.82, 2.24) is 14.5 Å². The molecule has 0 saturated heterocycles. The van der Waals surface area contributed by atoms with Crippen LogP contribution >= 0.6 is 22.7 Å². The van der Waals surface area contributed by atoms with Crippen LogP contribution in [-0.4, -0.2) is 14.5 Å². The first-order valence-corrected chi connectivity index (χ1v) is 7.12. The molecule has 3 aromatic rings. The molecule has 3 aromatic heterocycles. The second-order valence-electron chi connectivity index (χ2n) is 3.64. The summed E-state index contributed by atoms with van der Waals surface area (Å²) in [6, 6.07) is 4.27. The molecule has 0 unspecified atom stereocenters. The summed E-state index contributed by atoms with van der Waals surface area (Å²) >= 11 is 3.43. The van der Waals surface area contributed by atoms with Gasteiger partial charge in [-0.1, -0.05) is 6.07 Å². The highest BCUT2D eigenvalue weighted by Gasteiger charge is 2.07. The number of aryl methyl sites for hydroxylation is 2. The molecule has 0 aliphatic carbocycles. The average Bonchev–Trinajstić information content (AvgIpc) is 3.09. The second-order valence-corrected chi connectivity index (χ2v) is 5.56. The summed E-state index contributed by atoms with van der Waals surface area (Å²) in [5, 5.41) is 2.12. The van der Waals surface area contributed by atoms with E-state index in [-0.39, 0.29) is 0 Å². The summed E-state index contributed by atoms with van der Waals surface area (Å²) < 4.78 is 2.19. The van der Waals surface area contributed by atoms with Crippen molar-refractivity contribution in [3.05, 3.63) is 46.5 Å². The summed E-state index contributed by atoms with van der Waals surface area (Å²) in [4.78, 5) is 11.0. The zero-order chi connectivity index (χ0) is 11.5. The lowest BCUT2D eigenvalue weighted by Gasteiger charge is -2.04. The first-order chi connectivity index (χ1) is 8.43. The van der Waals surface area contributed by atoms with Gasteiger partial charge in [0.05, 0.1) is 10.4 Å². The molecule has 0 radical (unpaired) electrons. The van der Waals surface area contributed by atoms with E-state index in [1.54, 1.807) is 22.7 Å². The molecule has 17 heavy (non-hydrogen) atoms. The van der Waals surface area contributed by atoms with Gasteiger partial charge in [-0.3, -0.25) is 4.98 Å². The zero-order valence-corrected chi connectivity index (χ0v) is 10.7. The molecule has 0 aliphatic heterocycles. The molecule has 86 valence electrons. The van der Waals surface area contributed by atoms with Crippen molar-refractivity contribution in [3.8, 4) is 10.7 Å². The summed E-state index contributed by atoms with van der Waals surface area (Å²) in [6.45, 7) is 0.966. The van der Waals surface area contributed by atoms with Crippen molar-refractivity contribution < 1.29 is 0 Å². The summed E-state index contributed by atoms with van der Waals surface area (Å²) in [6.07, 6.45) is 6.81. The first kappa shape index (κ1) is 10.7. The lowest BCUT2D eigenvalue weighted by molar-refractivity contribution is 0.710. The maximum Gasteiger partial charge on any atom is 0.151 e. The summed E-state index contributed by atoms with van der Waals surface area (Å²) in [5.74, 6) is 1.02. The van der Waals surface area contributed by atoms with Gasteiger partial charge in [-0.2, -0.15) is 0 Å².